The zero-order valence-corrected chi connectivity index (χ0v) is 18.8. The second kappa shape index (κ2) is 7.22. The Kier molecular flexibility index (Phi) is 5.88. The molecule has 5 heteroatoms. The topological polar surface area (TPSA) is 32.5 Å². The van der Waals surface area contributed by atoms with Crippen LogP contribution >= 0.6 is 0 Å². The molecule has 1 aliphatic rings. The maximum atomic E-state index is 5.99. The van der Waals surface area contributed by atoms with Crippen molar-refractivity contribution in [3.63, 3.8) is 0 Å². The second-order valence-electron chi connectivity index (χ2n) is 9.55. The number of anilines is 2. The quantitative estimate of drug-likeness (QED) is 0.642. The smallest absolute Gasteiger partial charge is 0.0603 e. The molecule has 24 heavy (non-hydrogen) atoms. The van der Waals surface area contributed by atoms with Crippen molar-refractivity contribution in [2.24, 2.45) is 0 Å². The highest BCUT2D eigenvalue weighted by molar-refractivity contribution is 6.96. The largest absolute Gasteiger partial charge is 0.399 e. The van der Waals surface area contributed by atoms with Gasteiger partial charge in [-0.25, -0.2) is 0 Å². The van der Waals surface area contributed by atoms with E-state index in [1.54, 1.807) is 0 Å². The van der Waals surface area contributed by atoms with E-state index >= 15 is 0 Å². The van der Waals surface area contributed by atoms with Crippen LogP contribution in [0.25, 0.3) is 0 Å². The van der Waals surface area contributed by atoms with Gasteiger partial charge in [0.2, 0.25) is 0 Å². The Morgan fingerprint density at radius 1 is 0.917 bits per heavy atom. The van der Waals surface area contributed by atoms with Crippen molar-refractivity contribution in [2.75, 3.05) is 36.8 Å². The predicted molar refractivity (Wildman–Crippen MR) is 114 cm³/mol. The Hall–Kier alpha value is -0.786. The van der Waals surface area contributed by atoms with Crippen molar-refractivity contribution in [1.29, 1.82) is 0 Å². The number of nitrogens with two attached hydrogens (primary N) is 1. The molecule has 3 nitrogen and oxygen atoms in total. The van der Waals surface area contributed by atoms with Crippen LogP contribution in [-0.4, -0.2) is 52.5 Å². The molecule has 1 saturated heterocycles. The minimum Gasteiger partial charge on any atom is -0.399 e. The lowest BCUT2D eigenvalue weighted by molar-refractivity contribution is 0.304. The van der Waals surface area contributed by atoms with Crippen molar-refractivity contribution >= 4 is 27.5 Å². The molecule has 1 heterocycles. The van der Waals surface area contributed by atoms with Gasteiger partial charge in [0.05, 0.1) is 16.1 Å². The van der Waals surface area contributed by atoms with Crippen LogP contribution in [0.5, 0.6) is 0 Å². The molecule has 1 aromatic carbocycles. The van der Waals surface area contributed by atoms with Gasteiger partial charge in [-0.1, -0.05) is 39.3 Å². The van der Waals surface area contributed by atoms with E-state index < -0.39 is 16.1 Å². The third kappa shape index (κ3) is 4.64. The fourth-order valence-corrected chi connectivity index (χ4v) is 17.8. The highest BCUT2D eigenvalue weighted by atomic mass is 28.4. The number of hydrogen-bond acceptors (Lipinski definition) is 3. The van der Waals surface area contributed by atoms with Crippen molar-refractivity contribution < 1.29 is 0 Å². The lowest BCUT2D eigenvalue weighted by Crippen LogP contribution is -2.63. The summed E-state index contributed by atoms with van der Waals surface area (Å²) in [6, 6.07) is 6.49. The fourth-order valence-electron chi connectivity index (χ4n) is 4.70. The Labute approximate surface area is 151 Å². The summed E-state index contributed by atoms with van der Waals surface area (Å²) in [5.41, 5.74) is 9.41. The van der Waals surface area contributed by atoms with Crippen LogP contribution in [0.15, 0.2) is 18.2 Å². The normalized spacial score (nSPS) is 18.1. The van der Waals surface area contributed by atoms with E-state index in [0.717, 1.165) is 24.1 Å². The first kappa shape index (κ1) is 19.5. The first-order chi connectivity index (χ1) is 11.0. The van der Waals surface area contributed by atoms with Crippen LogP contribution < -0.4 is 10.6 Å². The summed E-state index contributed by atoms with van der Waals surface area (Å²) in [5, 5.41) is 0.859. The van der Waals surface area contributed by atoms with Gasteiger partial charge in [0.25, 0.3) is 0 Å². The van der Waals surface area contributed by atoms with Gasteiger partial charge in [-0.2, -0.15) is 0 Å². The van der Waals surface area contributed by atoms with Gasteiger partial charge in [-0.15, -0.1) is 0 Å². The molecule has 1 aromatic rings. The lowest BCUT2D eigenvalue weighted by Gasteiger charge is -2.46. The standard InChI is InChI=1S/C19H37N3Si2/c1-16-15-17(9-10-18(16)20)21-11-8-12-22(14-13-21)19(23(2,3)4)24(5,6)7/h9-10,15,19H,8,11-14,20H2,1-7H3. The summed E-state index contributed by atoms with van der Waals surface area (Å²) in [6.45, 7) is 22.2. The van der Waals surface area contributed by atoms with Crippen LogP contribution in [0.1, 0.15) is 12.0 Å². The van der Waals surface area contributed by atoms with E-state index in [9.17, 15) is 0 Å². The van der Waals surface area contributed by atoms with Crippen LogP contribution in [0.4, 0.5) is 11.4 Å². The molecule has 0 aromatic heterocycles. The molecule has 0 unspecified atom stereocenters. The van der Waals surface area contributed by atoms with E-state index in [1.165, 1.54) is 30.8 Å². The van der Waals surface area contributed by atoms with Crippen molar-refractivity contribution in [3.05, 3.63) is 23.8 Å². The maximum Gasteiger partial charge on any atom is 0.0603 e. The number of rotatable bonds is 4. The molecule has 2 rings (SSSR count). The third-order valence-electron chi connectivity index (χ3n) is 5.15. The summed E-state index contributed by atoms with van der Waals surface area (Å²) >= 11 is 0. The molecule has 1 aliphatic heterocycles. The first-order valence-electron chi connectivity index (χ1n) is 9.35. The van der Waals surface area contributed by atoms with E-state index in [0.29, 0.717) is 0 Å². The number of benzene rings is 1. The average molecular weight is 364 g/mol. The number of aryl methyl sites for hydroxylation is 1. The molecule has 136 valence electrons. The maximum absolute atomic E-state index is 5.99. The Morgan fingerprint density at radius 2 is 1.54 bits per heavy atom. The van der Waals surface area contributed by atoms with Gasteiger partial charge in [0, 0.05) is 31.0 Å². The molecular weight excluding hydrogens is 326 g/mol. The Morgan fingerprint density at radius 3 is 2.08 bits per heavy atom. The number of nitrogens with zero attached hydrogens (tertiary/aromatic N) is 2. The minimum absolute atomic E-state index is 0.859. The van der Waals surface area contributed by atoms with Crippen LogP contribution in [0.3, 0.4) is 0 Å². The van der Waals surface area contributed by atoms with E-state index in [-0.39, 0.29) is 0 Å². The molecule has 0 atom stereocenters. The molecule has 0 aliphatic carbocycles. The summed E-state index contributed by atoms with van der Waals surface area (Å²) < 4.78 is 0. The molecule has 0 bridgehead atoms. The van der Waals surface area contributed by atoms with Crippen LogP contribution in [-0.2, 0) is 0 Å². The highest BCUT2D eigenvalue weighted by Crippen LogP contribution is 2.27. The summed E-state index contributed by atoms with van der Waals surface area (Å²) in [5.74, 6) is 0. The van der Waals surface area contributed by atoms with Gasteiger partial charge < -0.3 is 15.5 Å². The molecule has 0 radical (unpaired) electrons. The van der Waals surface area contributed by atoms with Gasteiger partial charge in [0.15, 0.2) is 0 Å². The fraction of sp³-hybridized carbons (Fsp3) is 0.684. The molecule has 0 spiro atoms. The average Bonchev–Trinajstić information content (AvgIpc) is 2.64. The zero-order valence-electron chi connectivity index (χ0n) is 16.8. The van der Waals surface area contributed by atoms with Gasteiger partial charge in [-0.3, -0.25) is 0 Å². The summed E-state index contributed by atoms with van der Waals surface area (Å²) in [6.07, 6.45) is 1.26. The van der Waals surface area contributed by atoms with Crippen molar-refractivity contribution in [1.82, 2.24) is 4.90 Å². The SMILES string of the molecule is Cc1cc(N2CCCN(C([Si](C)(C)C)[Si](C)(C)C)CC2)ccc1N. The molecule has 0 amide bonds. The molecule has 1 fully saturated rings. The van der Waals surface area contributed by atoms with Crippen LogP contribution in [0, 0.1) is 6.92 Å². The summed E-state index contributed by atoms with van der Waals surface area (Å²) in [7, 11) is -2.39. The van der Waals surface area contributed by atoms with E-state index in [1.807, 2.05) is 0 Å². The molecule has 2 N–H and O–H groups in total. The van der Waals surface area contributed by atoms with E-state index in [2.05, 4.69) is 74.2 Å². The van der Waals surface area contributed by atoms with Crippen molar-refractivity contribution in [2.45, 2.75) is 57.9 Å². The summed E-state index contributed by atoms with van der Waals surface area (Å²) in [4.78, 5) is 5.40. The molecule has 0 saturated carbocycles. The van der Waals surface area contributed by atoms with E-state index in [4.69, 9.17) is 5.73 Å². The Bertz CT molecular complexity index is 547. The highest BCUT2D eigenvalue weighted by Gasteiger charge is 2.41. The van der Waals surface area contributed by atoms with Gasteiger partial charge in [-0.05, 0) is 48.9 Å². The minimum atomic E-state index is -1.20. The van der Waals surface area contributed by atoms with Crippen LogP contribution in [0.2, 0.25) is 39.3 Å². The first-order valence-corrected chi connectivity index (χ1v) is 16.5. The number of nitrogen functional groups attached to an aromatic ring is 1. The van der Waals surface area contributed by atoms with Gasteiger partial charge in [0.1, 0.15) is 0 Å². The lowest BCUT2D eigenvalue weighted by atomic mass is 10.1. The monoisotopic (exact) mass is 363 g/mol. The second-order valence-corrected chi connectivity index (χ2v) is 20.7. The number of hydrogen-bond donors (Lipinski definition) is 1. The predicted octanol–water partition coefficient (Wildman–Crippen LogP) is 4.21. The van der Waals surface area contributed by atoms with Crippen molar-refractivity contribution in [3.8, 4) is 0 Å². The third-order valence-corrected chi connectivity index (χ3v) is 14.4. The molecular formula is C19H37N3Si2. The van der Waals surface area contributed by atoms with Gasteiger partial charge >= 0.3 is 0 Å². The Balaban J connectivity index is 2.15. The zero-order chi connectivity index (χ0) is 18.1.